The van der Waals surface area contributed by atoms with Crippen molar-refractivity contribution >= 4 is 17.6 Å². The fraction of sp³-hybridized carbons (Fsp3) is 0.467. The molecule has 20 heavy (non-hydrogen) atoms. The van der Waals surface area contributed by atoms with Gasteiger partial charge in [0.2, 0.25) is 0 Å². The fourth-order valence-corrected chi connectivity index (χ4v) is 3.01. The molecule has 2 rings (SSSR count). The molecular weight excluding hydrogens is 256 g/mol. The molecule has 0 spiro atoms. The summed E-state index contributed by atoms with van der Waals surface area (Å²) in [5.74, 6) is -1.20. The number of carbonyl (C=O) groups is 2. The highest BCUT2D eigenvalue weighted by Crippen LogP contribution is 2.35. The molecule has 0 radical (unpaired) electrons. The predicted octanol–water partition coefficient (Wildman–Crippen LogP) is 2.13. The maximum atomic E-state index is 12.6. The van der Waals surface area contributed by atoms with Crippen LogP contribution >= 0.6 is 0 Å². The van der Waals surface area contributed by atoms with Crippen molar-refractivity contribution in [2.24, 2.45) is 0 Å². The van der Waals surface area contributed by atoms with Crippen LogP contribution in [-0.2, 0) is 4.79 Å². The van der Waals surface area contributed by atoms with Gasteiger partial charge in [-0.1, -0.05) is 25.5 Å². The number of hydrogen-bond donors (Lipinski definition) is 2. The number of hydrogen-bond acceptors (Lipinski definition) is 3. The van der Waals surface area contributed by atoms with E-state index in [1.807, 2.05) is 6.92 Å². The van der Waals surface area contributed by atoms with Gasteiger partial charge in [0.15, 0.2) is 0 Å². The average Bonchev–Trinajstić information content (AvgIpc) is 2.84. The Bertz CT molecular complexity index is 530. The fourth-order valence-electron chi connectivity index (χ4n) is 3.01. The largest absolute Gasteiger partial charge is 0.479 e. The summed E-state index contributed by atoms with van der Waals surface area (Å²) in [6.07, 6.45) is 2.42. The average molecular weight is 276 g/mol. The highest BCUT2D eigenvalue weighted by Gasteiger charge is 2.49. The zero-order chi connectivity index (χ0) is 14.8. The van der Waals surface area contributed by atoms with Crippen LogP contribution < -0.4 is 5.73 Å². The number of carboxylic acids is 1. The Kier molecular flexibility index (Phi) is 3.97. The summed E-state index contributed by atoms with van der Waals surface area (Å²) >= 11 is 0. The lowest BCUT2D eigenvalue weighted by Gasteiger charge is -2.35. The van der Waals surface area contributed by atoms with E-state index in [-0.39, 0.29) is 5.91 Å². The second-order valence-electron chi connectivity index (χ2n) is 5.23. The Morgan fingerprint density at radius 3 is 2.70 bits per heavy atom. The molecule has 1 aliphatic rings. The Morgan fingerprint density at radius 2 is 2.10 bits per heavy atom. The van der Waals surface area contributed by atoms with Crippen molar-refractivity contribution in [3.63, 3.8) is 0 Å². The summed E-state index contributed by atoms with van der Waals surface area (Å²) in [6, 6.07) is 6.80. The standard InChI is InChI=1S/C15H20N2O3/c1-2-8-15(14(19)20)9-5-10-17(15)13(18)11-6-3-4-7-12(11)16/h3-4,6-7H,2,5,8-10,16H2,1H3,(H,19,20). The number of para-hydroxylation sites is 1. The normalized spacial score (nSPS) is 21.9. The molecule has 1 aromatic carbocycles. The third-order valence-electron chi connectivity index (χ3n) is 3.99. The number of anilines is 1. The van der Waals surface area contributed by atoms with Crippen LogP contribution in [0.3, 0.4) is 0 Å². The van der Waals surface area contributed by atoms with Gasteiger partial charge in [-0.05, 0) is 31.4 Å². The molecule has 0 aliphatic carbocycles. The summed E-state index contributed by atoms with van der Waals surface area (Å²) in [5, 5.41) is 9.61. The molecule has 1 aromatic rings. The van der Waals surface area contributed by atoms with Crippen molar-refractivity contribution in [1.82, 2.24) is 4.90 Å². The zero-order valence-electron chi connectivity index (χ0n) is 11.6. The summed E-state index contributed by atoms with van der Waals surface area (Å²) in [6.45, 7) is 2.40. The van der Waals surface area contributed by atoms with Crippen LogP contribution in [0.1, 0.15) is 43.0 Å². The van der Waals surface area contributed by atoms with Crippen LogP contribution in [0.25, 0.3) is 0 Å². The van der Waals surface area contributed by atoms with E-state index in [1.54, 1.807) is 24.3 Å². The molecule has 1 aliphatic heterocycles. The summed E-state index contributed by atoms with van der Waals surface area (Å²) < 4.78 is 0. The van der Waals surface area contributed by atoms with E-state index in [4.69, 9.17) is 5.73 Å². The monoisotopic (exact) mass is 276 g/mol. The maximum absolute atomic E-state index is 12.6. The van der Waals surface area contributed by atoms with E-state index in [0.717, 1.165) is 6.42 Å². The first kappa shape index (κ1) is 14.4. The van der Waals surface area contributed by atoms with E-state index >= 15 is 0 Å². The van der Waals surface area contributed by atoms with Gasteiger partial charge in [0.05, 0.1) is 5.56 Å². The van der Waals surface area contributed by atoms with Crippen LogP contribution in [-0.4, -0.2) is 34.0 Å². The molecule has 1 unspecified atom stereocenters. The lowest BCUT2D eigenvalue weighted by atomic mass is 9.90. The molecule has 0 bridgehead atoms. The van der Waals surface area contributed by atoms with Crippen LogP contribution in [0, 0.1) is 0 Å². The number of carbonyl (C=O) groups excluding carboxylic acids is 1. The van der Waals surface area contributed by atoms with Gasteiger partial charge in [0, 0.05) is 12.2 Å². The lowest BCUT2D eigenvalue weighted by Crippen LogP contribution is -2.53. The second-order valence-corrected chi connectivity index (χ2v) is 5.23. The van der Waals surface area contributed by atoms with E-state index in [2.05, 4.69) is 0 Å². The topological polar surface area (TPSA) is 83.6 Å². The minimum absolute atomic E-state index is 0.281. The molecule has 1 amide bonds. The number of amides is 1. The van der Waals surface area contributed by atoms with E-state index in [0.29, 0.717) is 37.1 Å². The van der Waals surface area contributed by atoms with Crippen molar-refractivity contribution in [2.75, 3.05) is 12.3 Å². The third-order valence-corrected chi connectivity index (χ3v) is 3.99. The molecule has 1 heterocycles. The SMILES string of the molecule is CCCC1(C(=O)O)CCCN1C(=O)c1ccccc1N. The molecule has 0 saturated carbocycles. The highest BCUT2D eigenvalue weighted by molar-refractivity contribution is 6.02. The molecule has 1 fully saturated rings. The zero-order valence-corrected chi connectivity index (χ0v) is 11.6. The Labute approximate surface area is 118 Å². The minimum atomic E-state index is -1.08. The summed E-state index contributed by atoms with van der Waals surface area (Å²) in [5.41, 5.74) is 5.53. The molecule has 108 valence electrons. The van der Waals surface area contributed by atoms with Gasteiger partial charge >= 0.3 is 5.97 Å². The van der Waals surface area contributed by atoms with Gasteiger partial charge in [-0.2, -0.15) is 0 Å². The number of likely N-dealkylation sites (tertiary alicyclic amines) is 1. The first-order valence-electron chi connectivity index (χ1n) is 6.93. The van der Waals surface area contributed by atoms with E-state index in [1.165, 1.54) is 4.90 Å². The van der Waals surface area contributed by atoms with Crippen LogP contribution in [0.4, 0.5) is 5.69 Å². The Hall–Kier alpha value is -2.04. The van der Waals surface area contributed by atoms with Gasteiger partial charge in [0.1, 0.15) is 5.54 Å². The lowest BCUT2D eigenvalue weighted by molar-refractivity contribution is -0.148. The van der Waals surface area contributed by atoms with Crippen LogP contribution in [0.5, 0.6) is 0 Å². The number of aliphatic carboxylic acids is 1. The number of benzene rings is 1. The third kappa shape index (κ3) is 2.24. The number of nitrogens with zero attached hydrogens (tertiary/aromatic N) is 1. The molecule has 3 N–H and O–H groups in total. The molecule has 1 saturated heterocycles. The Morgan fingerprint density at radius 1 is 1.40 bits per heavy atom. The summed E-state index contributed by atoms with van der Waals surface area (Å²) in [7, 11) is 0. The molecule has 1 atom stereocenters. The molecule has 5 heteroatoms. The van der Waals surface area contributed by atoms with Gasteiger partial charge in [0.25, 0.3) is 5.91 Å². The first-order chi connectivity index (χ1) is 9.53. The predicted molar refractivity (Wildman–Crippen MR) is 76.4 cm³/mol. The van der Waals surface area contributed by atoms with E-state index in [9.17, 15) is 14.7 Å². The van der Waals surface area contributed by atoms with Crippen molar-refractivity contribution in [1.29, 1.82) is 0 Å². The second kappa shape index (κ2) is 5.53. The number of carboxylic acid groups (broad SMARTS) is 1. The number of nitrogens with two attached hydrogens (primary N) is 1. The maximum Gasteiger partial charge on any atom is 0.329 e. The molecular formula is C15H20N2O3. The van der Waals surface area contributed by atoms with Crippen LogP contribution in [0.2, 0.25) is 0 Å². The van der Waals surface area contributed by atoms with Gasteiger partial charge in [-0.3, -0.25) is 4.79 Å². The highest BCUT2D eigenvalue weighted by atomic mass is 16.4. The van der Waals surface area contributed by atoms with Gasteiger partial charge in [-0.15, -0.1) is 0 Å². The first-order valence-corrected chi connectivity index (χ1v) is 6.93. The van der Waals surface area contributed by atoms with Crippen molar-refractivity contribution in [3.8, 4) is 0 Å². The smallest absolute Gasteiger partial charge is 0.329 e. The molecule has 5 nitrogen and oxygen atoms in total. The van der Waals surface area contributed by atoms with Crippen LogP contribution in [0.15, 0.2) is 24.3 Å². The van der Waals surface area contributed by atoms with Crippen molar-refractivity contribution < 1.29 is 14.7 Å². The minimum Gasteiger partial charge on any atom is -0.479 e. The van der Waals surface area contributed by atoms with Crippen molar-refractivity contribution in [3.05, 3.63) is 29.8 Å². The van der Waals surface area contributed by atoms with Gasteiger partial charge in [-0.25, -0.2) is 4.79 Å². The summed E-state index contributed by atoms with van der Waals surface area (Å²) in [4.78, 5) is 25.9. The Balaban J connectivity index is 2.38. The number of rotatable bonds is 4. The van der Waals surface area contributed by atoms with Gasteiger partial charge < -0.3 is 15.7 Å². The number of nitrogen functional groups attached to an aromatic ring is 1. The quantitative estimate of drug-likeness (QED) is 0.825. The molecule has 0 aromatic heterocycles. The van der Waals surface area contributed by atoms with E-state index < -0.39 is 11.5 Å². The van der Waals surface area contributed by atoms with Crippen molar-refractivity contribution in [2.45, 2.75) is 38.1 Å².